The van der Waals surface area contributed by atoms with Crippen LogP contribution >= 0.6 is 15.9 Å². The highest BCUT2D eigenvalue weighted by Gasteiger charge is 2.30. The van der Waals surface area contributed by atoms with E-state index in [1.807, 2.05) is 18.2 Å². The second kappa shape index (κ2) is 4.88. The average Bonchev–Trinajstić information content (AvgIpc) is 3.10. The summed E-state index contributed by atoms with van der Waals surface area (Å²) in [6.45, 7) is 2.19. The van der Waals surface area contributed by atoms with Gasteiger partial charge in [-0.1, -0.05) is 22.9 Å². The first kappa shape index (κ1) is 11.5. The first-order chi connectivity index (χ1) is 7.74. The molecule has 3 heteroatoms. The van der Waals surface area contributed by atoms with Gasteiger partial charge in [-0.25, -0.2) is 0 Å². The van der Waals surface area contributed by atoms with E-state index < -0.39 is 0 Å². The lowest BCUT2D eigenvalue weighted by atomic mass is 10.1. The van der Waals surface area contributed by atoms with Crippen molar-refractivity contribution >= 4 is 21.6 Å². The Morgan fingerprint density at radius 3 is 2.88 bits per heavy atom. The molecule has 1 aliphatic carbocycles. The lowest BCUT2D eigenvalue weighted by Gasteiger charge is -2.18. The van der Waals surface area contributed by atoms with Gasteiger partial charge in [0.2, 0.25) is 0 Å². The van der Waals surface area contributed by atoms with E-state index in [0.717, 1.165) is 28.1 Å². The summed E-state index contributed by atoms with van der Waals surface area (Å²) in [5, 5.41) is 12.5. The highest BCUT2D eigenvalue weighted by Crippen LogP contribution is 2.36. The van der Waals surface area contributed by atoms with Crippen LogP contribution < -0.4 is 5.32 Å². The lowest BCUT2D eigenvalue weighted by molar-refractivity contribution is 0.616. The SMILES string of the molecule is CCC(Nc1cc(Br)ccc1C#N)C1CC1. The number of nitrogens with one attached hydrogen (secondary N) is 1. The second-order valence-electron chi connectivity index (χ2n) is 4.30. The molecule has 0 aromatic heterocycles. The summed E-state index contributed by atoms with van der Waals surface area (Å²) in [6.07, 6.45) is 3.75. The molecular formula is C13H15BrN2. The highest BCUT2D eigenvalue weighted by atomic mass is 79.9. The summed E-state index contributed by atoms with van der Waals surface area (Å²) in [6, 6.07) is 8.49. The smallest absolute Gasteiger partial charge is 0.101 e. The molecule has 2 rings (SSSR count). The molecule has 0 aliphatic heterocycles. The molecule has 0 amide bonds. The fourth-order valence-electron chi connectivity index (χ4n) is 1.98. The zero-order valence-corrected chi connectivity index (χ0v) is 10.9. The minimum absolute atomic E-state index is 0.515. The van der Waals surface area contributed by atoms with Crippen molar-refractivity contribution in [2.45, 2.75) is 32.2 Å². The number of hydrogen-bond acceptors (Lipinski definition) is 2. The van der Waals surface area contributed by atoms with Gasteiger partial charge in [-0.2, -0.15) is 5.26 Å². The summed E-state index contributed by atoms with van der Waals surface area (Å²) >= 11 is 3.44. The van der Waals surface area contributed by atoms with Crippen molar-refractivity contribution in [1.29, 1.82) is 5.26 Å². The number of anilines is 1. The van der Waals surface area contributed by atoms with Crippen molar-refractivity contribution in [3.63, 3.8) is 0 Å². The third-order valence-corrected chi connectivity index (χ3v) is 3.57. The molecule has 1 fully saturated rings. The fourth-order valence-corrected chi connectivity index (χ4v) is 2.35. The molecule has 2 nitrogen and oxygen atoms in total. The lowest BCUT2D eigenvalue weighted by Crippen LogP contribution is -2.21. The van der Waals surface area contributed by atoms with Gasteiger partial charge in [0.1, 0.15) is 6.07 Å². The Morgan fingerprint density at radius 1 is 1.56 bits per heavy atom. The molecule has 16 heavy (non-hydrogen) atoms. The third-order valence-electron chi connectivity index (χ3n) is 3.07. The van der Waals surface area contributed by atoms with Crippen molar-refractivity contribution in [3.8, 4) is 6.07 Å². The van der Waals surface area contributed by atoms with E-state index in [4.69, 9.17) is 5.26 Å². The Kier molecular flexibility index (Phi) is 3.50. The second-order valence-corrected chi connectivity index (χ2v) is 5.21. The van der Waals surface area contributed by atoms with Crippen molar-refractivity contribution in [2.75, 3.05) is 5.32 Å². The van der Waals surface area contributed by atoms with Crippen molar-refractivity contribution in [1.82, 2.24) is 0 Å². The molecular weight excluding hydrogens is 264 g/mol. The van der Waals surface area contributed by atoms with Crippen LogP contribution in [0, 0.1) is 17.2 Å². The zero-order chi connectivity index (χ0) is 11.5. The molecule has 1 aromatic carbocycles. The summed E-state index contributed by atoms with van der Waals surface area (Å²) < 4.78 is 1.01. The van der Waals surface area contributed by atoms with Crippen LogP contribution in [0.25, 0.3) is 0 Å². The first-order valence-corrected chi connectivity index (χ1v) is 6.50. The average molecular weight is 279 g/mol. The fraction of sp³-hybridized carbons (Fsp3) is 0.462. The standard InChI is InChI=1S/C13H15BrN2/c1-2-12(9-3-4-9)16-13-7-11(14)6-5-10(13)8-15/h5-7,9,12,16H,2-4H2,1H3. The monoisotopic (exact) mass is 278 g/mol. The first-order valence-electron chi connectivity index (χ1n) is 5.70. The highest BCUT2D eigenvalue weighted by molar-refractivity contribution is 9.10. The molecule has 1 unspecified atom stereocenters. The predicted molar refractivity (Wildman–Crippen MR) is 69.3 cm³/mol. The molecule has 0 radical (unpaired) electrons. The van der Waals surface area contributed by atoms with Gasteiger partial charge in [-0.05, 0) is 43.4 Å². The summed E-state index contributed by atoms with van der Waals surface area (Å²) in [5.74, 6) is 0.801. The number of nitrogens with zero attached hydrogens (tertiary/aromatic N) is 1. The van der Waals surface area contributed by atoms with Crippen LogP contribution in [0.1, 0.15) is 31.7 Å². The van der Waals surface area contributed by atoms with Crippen LogP contribution in [0.15, 0.2) is 22.7 Å². The number of hydrogen-bond donors (Lipinski definition) is 1. The van der Waals surface area contributed by atoms with Crippen LogP contribution in [0.2, 0.25) is 0 Å². The van der Waals surface area contributed by atoms with Crippen LogP contribution in [-0.4, -0.2) is 6.04 Å². The van der Waals surface area contributed by atoms with E-state index in [9.17, 15) is 0 Å². The molecule has 1 N–H and O–H groups in total. The molecule has 0 heterocycles. The van der Waals surface area contributed by atoms with E-state index in [0.29, 0.717) is 6.04 Å². The molecule has 1 atom stereocenters. The van der Waals surface area contributed by atoms with Crippen molar-refractivity contribution < 1.29 is 0 Å². The molecule has 1 saturated carbocycles. The molecule has 0 bridgehead atoms. The number of halogens is 1. The number of nitriles is 1. The van der Waals surface area contributed by atoms with Gasteiger partial charge in [0.15, 0.2) is 0 Å². The Bertz CT molecular complexity index is 418. The van der Waals surface area contributed by atoms with Gasteiger partial charge < -0.3 is 5.32 Å². The molecule has 1 aliphatic rings. The normalized spacial score (nSPS) is 16.6. The zero-order valence-electron chi connectivity index (χ0n) is 9.33. The number of benzene rings is 1. The van der Waals surface area contributed by atoms with Gasteiger partial charge in [-0.3, -0.25) is 0 Å². The van der Waals surface area contributed by atoms with Crippen molar-refractivity contribution in [2.24, 2.45) is 5.92 Å². The Hall–Kier alpha value is -1.01. The van der Waals surface area contributed by atoms with E-state index in [1.165, 1.54) is 12.8 Å². The van der Waals surface area contributed by atoms with Crippen LogP contribution in [0.5, 0.6) is 0 Å². The van der Waals surface area contributed by atoms with Crippen molar-refractivity contribution in [3.05, 3.63) is 28.2 Å². The van der Waals surface area contributed by atoms with Crippen LogP contribution in [-0.2, 0) is 0 Å². The van der Waals surface area contributed by atoms with Gasteiger partial charge in [0, 0.05) is 10.5 Å². The van der Waals surface area contributed by atoms with E-state index in [-0.39, 0.29) is 0 Å². The number of rotatable bonds is 4. The van der Waals surface area contributed by atoms with Crippen LogP contribution in [0.4, 0.5) is 5.69 Å². The van der Waals surface area contributed by atoms with Gasteiger partial charge in [-0.15, -0.1) is 0 Å². The van der Waals surface area contributed by atoms with Crippen LogP contribution in [0.3, 0.4) is 0 Å². The maximum Gasteiger partial charge on any atom is 0.101 e. The van der Waals surface area contributed by atoms with E-state index in [1.54, 1.807) is 0 Å². The maximum atomic E-state index is 9.04. The van der Waals surface area contributed by atoms with E-state index >= 15 is 0 Å². The topological polar surface area (TPSA) is 35.8 Å². The predicted octanol–water partition coefficient (Wildman–Crippen LogP) is 3.92. The quantitative estimate of drug-likeness (QED) is 0.906. The Balaban J connectivity index is 2.18. The minimum Gasteiger partial charge on any atom is -0.381 e. The summed E-state index contributed by atoms with van der Waals surface area (Å²) in [5.41, 5.74) is 1.68. The van der Waals surface area contributed by atoms with Gasteiger partial charge >= 0.3 is 0 Å². The Labute approximate surface area is 105 Å². The van der Waals surface area contributed by atoms with E-state index in [2.05, 4.69) is 34.2 Å². The molecule has 1 aromatic rings. The van der Waals surface area contributed by atoms with Gasteiger partial charge in [0.05, 0.1) is 11.3 Å². The molecule has 0 saturated heterocycles. The molecule has 0 spiro atoms. The maximum absolute atomic E-state index is 9.04. The van der Waals surface area contributed by atoms with Gasteiger partial charge in [0.25, 0.3) is 0 Å². The molecule has 84 valence electrons. The minimum atomic E-state index is 0.515. The Morgan fingerprint density at radius 2 is 2.31 bits per heavy atom. The summed E-state index contributed by atoms with van der Waals surface area (Å²) in [7, 11) is 0. The summed E-state index contributed by atoms with van der Waals surface area (Å²) in [4.78, 5) is 0. The largest absolute Gasteiger partial charge is 0.381 e. The third kappa shape index (κ3) is 2.56.